The van der Waals surface area contributed by atoms with Crippen molar-refractivity contribution in [1.82, 2.24) is 24.7 Å². The lowest BCUT2D eigenvalue weighted by molar-refractivity contribution is 0.122. The molecule has 0 aromatic carbocycles. The second-order valence-electron chi connectivity index (χ2n) is 4.85. The van der Waals surface area contributed by atoms with Crippen LogP contribution in [-0.2, 0) is 4.74 Å². The number of rotatable bonds is 4. The summed E-state index contributed by atoms with van der Waals surface area (Å²) in [6.45, 7) is 7.70. The van der Waals surface area contributed by atoms with E-state index in [2.05, 4.69) is 30.3 Å². The third-order valence-corrected chi connectivity index (χ3v) is 3.16. The first-order valence-electron chi connectivity index (χ1n) is 7.10. The summed E-state index contributed by atoms with van der Waals surface area (Å²) in [5.41, 5.74) is 1.06. The molecule has 1 saturated heterocycles. The fourth-order valence-corrected chi connectivity index (χ4v) is 2.12. The summed E-state index contributed by atoms with van der Waals surface area (Å²) in [5, 5.41) is 7.41. The Kier molecular flexibility index (Phi) is 3.96. The van der Waals surface area contributed by atoms with Crippen molar-refractivity contribution >= 4 is 11.9 Å². The van der Waals surface area contributed by atoms with Crippen molar-refractivity contribution in [3.05, 3.63) is 18.0 Å². The van der Waals surface area contributed by atoms with Crippen LogP contribution in [0.25, 0.3) is 5.95 Å². The van der Waals surface area contributed by atoms with E-state index in [1.807, 2.05) is 20.0 Å². The van der Waals surface area contributed by atoms with Gasteiger partial charge in [0.05, 0.1) is 19.4 Å². The van der Waals surface area contributed by atoms with Gasteiger partial charge in [-0.2, -0.15) is 20.1 Å². The average Bonchev–Trinajstić information content (AvgIpc) is 2.95. The van der Waals surface area contributed by atoms with Crippen molar-refractivity contribution in [3.8, 4) is 5.95 Å². The van der Waals surface area contributed by atoms with Crippen molar-refractivity contribution in [2.75, 3.05) is 43.1 Å². The molecule has 0 radical (unpaired) electrons. The molecule has 1 aliphatic rings. The number of aryl methyl sites for hydroxylation is 1. The maximum atomic E-state index is 5.37. The molecule has 0 amide bonds. The van der Waals surface area contributed by atoms with Crippen LogP contribution in [0.2, 0.25) is 0 Å². The monoisotopic (exact) mass is 289 g/mol. The van der Waals surface area contributed by atoms with Crippen LogP contribution >= 0.6 is 0 Å². The summed E-state index contributed by atoms with van der Waals surface area (Å²) < 4.78 is 7.04. The zero-order valence-corrected chi connectivity index (χ0v) is 12.3. The van der Waals surface area contributed by atoms with Crippen LogP contribution in [0.1, 0.15) is 12.5 Å². The summed E-state index contributed by atoms with van der Waals surface area (Å²) >= 11 is 0. The second-order valence-corrected chi connectivity index (χ2v) is 4.85. The van der Waals surface area contributed by atoms with E-state index in [0.29, 0.717) is 31.1 Å². The van der Waals surface area contributed by atoms with E-state index in [-0.39, 0.29) is 0 Å². The van der Waals surface area contributed by atoms with E-state index < -0.39 is 0 Å². The predicted octanol–water partition coefficient (Wildman–Crippen LogP) is 0.634. The molecule has 2 aromatic heterocycles. The molecular weight excluding hydrogens is 270 g/mol. The highest BCUT2D eigenvalue weighted by Crippen LogP contribution is 2.14. The third-order valence-electron chi connectivity index (χ3n) is 3.16. The van der Waals surface area contributed by atoms with Gasteiger partial charge in [0, 0.05) is 25.8 Å². The summed E-state index contributed by atoms with van der Waals surface area (Å²) in [5.74, 6) is 1.75. The largest absolute Gasteiger partial charge is 0.378 e. The SMILES string of the molecule is CCNc1nc(N2CCOCC2)nc(-n2cc(C)cn2)n1. The van der Waals surface area contributed by atoms with Gasteiger partial charge in [-0.3, -0.25) is 0 Å². The molecule has 2 aromatic rings. The first-order valence-corrected chi connectivity index (χ1v) is 7.10. The minimum absolute atomic E-state index is 0.524. The minimum atomic E-state index is 0.524. The van der Waals surface area contributed by atoms with Gasteiger partial charge in [-0.15, -0.1) is 0 Å². The number of morpholine rings is 1. The molecule has 0 spiro atoms. The maximum absolute atomic E-state index is 5.37. The first-order chi connectivity index (χ1) is 10.3. The highest BCUT2D eigenvalue weighted by Gasteiger charge is 2.17. The molecule has 0 aliphatic carbocycles. The van der Waals surface area contributed by atoms with Gasteiger partial charge in [-0.1, -0.05) is 0 Å². The average molecular weight is 289 g/mol. The molecule has 0 unspecified atom stereocenters. The van der Waals surface area contributed by atoms with Crippen LogP contribution in [0, 0.1) is 6.92 Å². The highest BCUT2D eigenvalue weighted by atomic mass is 16.5. The van der Waals surface area contributed by atoms with Crippen LogP contribution < -0.4 is 10.2 Å². The number of hydrogen-bond donors (Lipinski definition) is 1. The normalized spacial score (nSPS) is 15.2. The zero-order valence-electron chi connectivity index (χ0n) is 12.3. The molecule has 8 heteroatoms. The number of hydrogen-bond acceptors (Lipinski definition) is 7. The lowest BCUT2D eigenvalue weighted by Gasteiger charge is -2.27. The van der Waals surface area contributed by atoms with Crippen LogP contribution in [-0.4, -0.2) is 57.6 Å². The van der Waals surface area contributed by atoms with Crippen molar-refractivity contribution < 1.29 is 4.74 Å². The number of aromatic nitrogens is 5. The Labute approximate surface area is 123 Å². The molecule has 1 aliphatic heterocycles. The Morgan fingerprint density at radius 1 is 1.19 bits per heavy atom. The number of anilines is 2. The molecule has 0 bridgehead atoms. The summed E-state index contributed by atoms with van der Waals surface area (Å²) in [7, 11) is 0. The van der Waals surface area contributed by atoms with Gasteiger partial charge in [0.1, 0.15) is 0 Å². The van der Waals surface area contributed by atoms with E-state index in [4.69, 9.17) is 4.74 Å². The lowest BCUT2D eigenvalue weighted by Crippen LogP contribution is -2.37. The highest BCUT2D eigenvalue weighted by molar-refractivity contribution is 5.40. The quantitative estimate of drug-likeness (QED) is 0.884. The van der Waals surface area contributed by atoms with Crippen molar-refractivity contribution in [2.45, 2.75) is 13.8 Å². The molecule has 112 valence electrons. The van der Waals surface area contributed by atoms with E-state index in [1.54, 1.807) is 10.9 Å². The first kappa shape index (κ1) is 13.7. The Balaban J connectivity index is 1.96. The van der Waals surface area contributed by atoms with Crippen LogP contribution in [0.4, 0.5) is 11.9 Å². The molecule has 0 saturated carbocycles. The van der Waals surface area contributed by atoms with Crippen LogP contribution in [0.3, 0.4) is 0 Å². The molecule has 21 heavy (non-hydrogen) atoms. The van der Waals surface area contributed by atoms with E-state index >= 15 is 0 Å². The minimum Gasteiger partial charge on any atom is -0.378 e. The third kappa shape index (κ3) is 3.10. The molecule has 8 nitrogen and oxygen atoms in total. The van der Waals surface area contributed by atoms with E-state index in [1.165, 1.54) is 0 Å². The molecule has 3 heterocycles. The van der Waals surface area contributed by atoms with Gasteiger partial charge in [0.2, 0.25) is 11.9 Å². The molecule has 1 fully saturated rings. The molecular formula is C13H19N7O. The van der Waals surface area contributed by atoms with Crippen molar-refractivity contribution in [3.63, 3.8) is 0 Å². The van der Waals surface area contributed by atoms with Gasteiger partial charge < -0.3 is 15.0 Å². The topological polar surface area (TPSA) is 81.0 Å². The number of nitrogens with one attached hydrogen (secondary N) is 1. The molecule has 1 N–H and O–H groups in total. The standard InChI is InChI=1S/C13H19N7O/c1-3-14-11-16-12(19-4-6-21-7-5-19)18-13(17-11)20-9-10(2)8-15-20/h8-9H,3-7H2,1-2H3,(H,14,16,17,18). The van der Waals surface area contributed by atoms with Gasteiger partial charge in [0.25, 0.3) is 5.95 Å². The Morgan fingerprint density at radius 2 is 1.95 bits per heavy atom. The van der Waals surface area contributed by atoms with Crippen LogP contribution in [0.15, 0.2) is 12.4 Å². The smallest absolute Gasteiger partial charge is 0.257 e. The fraction of sp³-hybridized carbons (Fsp3) is 0.538. The van der Waals surface area contributed by atoms with E-state index in [9.17, 15) is 0 Å². The Morgan fingerprint density at radius 3 is 2.62 bits per heavy atom. The Hall–Kier alpha value is -2.22. The van der Waals surface area contributed by atoms with E-state index in [0.717, 1.165) is 25.2 Å². The second kappa shape index (κ2) is 6.04. The van der Waals surface area contributed by atoms with Gasteiger partial charge in [-0.25, -0.2) is 4.68 Å². The van der Waals surface area contributed by atoms with Crippen LogP contribution in [0.5, 0.6) is 0 Å². The summed E-state index contributed by atoms with van der Waals surface area (Å²) in [6, 6.07) is 0. The summed E-state index contributed by atoms with van der Waals surface area (Å²) in [6.07, 6.45) is 3.68. The summed E-state index contributed by atoms with van der Waals surface area (Å²) in [4.78, 5) is 15.5. The van der Waals surface area contributed by atoms with Gasteiger partial charge in [0.15, 0.2) is 0 Å². The lowest BCUT2D eigenvalue weighted by atomic mass is 10.4. The predicted molar refractivity (Wildman–Crippen MR) is 78.9 cm³/mol. The van der Waals surface area contributed by atoms with Gasteiger partial charge >= 0.3 is 0 Å². The number of nitrogens with zero attached hydrogens (tertiary/aromatic N) is 6. The maximum Gasteiger partial charge on any atom is 0.257 e. The zero-order chi connectivity index (χ0) is 14.7. The van der Waals surface area contributed by atoms with Crippen molar-refractivity contribution in [1.29, 1.82) is 0 Å². The fourth-order valence-electron chi connectivity index (χ4n) is 2.12. The molecule has 0 atom stereocenters. The molecule has 3 rings (SSSR count). The number of ether oxygens (including phenoxy) is 1. The van der Waals surface area contributed by atoms with Crippen molar-refractivity contribution in [2.24, 2.45) is 0 Å². The van der Waals surface area contributed by atoms with Gasteiger partial charge in [-0.05, 0) is 19.4 Å². The Bertz CT molecular complexity index is 606.